The molecule has 2 unspecified atom stereocenters. The topological polar surface area (TPSA) is 211 Å². The smallest absolute Gasteiger partial charge is 0.317 e. The van der Waals surface area contributed by atoms with E-state index in [2.05, 4.69) is 60.5 Å². The first-order valence-electron chi connectivity index (χ1n) is 20.0. The molecule has 2 saturated carbocycles. The number of carbonyl (C=O) groups excluding carboxylic acids is 1. The van der Waals surface area contributed by atoms with Crippen molar-refractivity contribution in [1.82, 2.24) is 54.8 Å². The molecule has 6 aromatic rings. The summed E-state index contributed by atoms with van der Waals surface area (Å²) in [5, 5.41) is 11.7. The third kappa shape index (κ3) is 11.0. The van der Waals surface area contributed by atoms with Gasteiger partial charge in [0.1, 0.15) is 11.3 Å². The third-order valence-corrected chi connectivity index (χ3v) is 12.1. The van der Waals surface area contributed by atoms with Crippen LogP contribution in [-0.4, -0.2) is 105 Å². The van der Waals surface area contributed by atoms with Crippen LogP contribution in [0, 0.1) is 23.5 Å². The Morgan fingerprint density at radius 3 is 1.67 bits per heavy atom. The lowest BCUT2D eigenvalue weighted by Gasteiger charge is -2.33. The molecular formula is C40H47Cl2F2N13O3S. The minimum atomic E-state index is -3.31. The molecule has 16 nitrogen and oxygen atoms in total. The number of aromatic nitrogens is 8. The van der Waals surface area contributed by atoms with E-state index < -0.39 is 21.7 Å². The number of sulfonamides is 1. The highest BCUT2D eigenvalue weighted by Gasteiger charge is 2.29. The maximum absolute atomic E-state index is 14.5. The molecule has 8 rings (SSSR count). The molecule has 0 bridgehead atoms. The zero-order chi connectivity index (χ0) is 43.3. The molecule has 6 heterocycles. The molecule has 21 heteroatoms. The molecular weight excluding hydrogens is 851 g/mol. The van der Waals surface area contributed by atoms with Gasteiger partial charge in [-0.1, -0.05) is 48.9 Å². The van der Waals surface area contributed by atoms with Crippen LogP contribution >= 0.6 is 23.2 Å². The maximum Gasteiger partial charge on any atom is 0.317 e. The Labute approximate surface area is 361 Å². The zero-order valence-electron chi connectivity index (χ0n) is 33.8. The molecule has 2 aliphatic rings. The van der Waals surface area contributed by atoms with Crippen molar-refractivity contribution in [2.45, 2.75) is 63.5 Å². The molecule has 0 radical (unpaired) electrons. The summed E-state index contributed by atoms with van der Waals surface area (Å²) in [6.45, 7) is 0.912. The standard InChI is InChI=1S/C21H25ClFN7O.C19H22ClFN6O2S/c1-30(2)21(31)28-17-6-4-3-5-12(17)8-24-20-16(23)11-27-19(29-20)15-10-26-18-14(15)7-13(22)9-25-18;1-30(28,29)27-16-5-3-2-4-11(16)7-22-19-15(21)10-25-18(26-19)14-9-24-17-13(14)6-12(20)8-23-17/h7,9-12,17H,3-6,8H2,1-2H3,(H,25,26)(H,28,31)(H,24,27,29);6,8-11,16,27H,2-5,7H2,1H3,(H,23,24)(H,22,25,26)/t12?,17-;11?,16-/m11/s1. The lowest BCUT2D eigenvalue weighted by molar-refractivity contribution is 0.198. The van der Waals surface area contributed by atoms with Gasteiger partial charge in [-0.15, -0.1) is 0 Å². The molecule has 0 spiro atoms. The first kappa shape index (κ1) is 43.8. The van der Waals surface area contributed by atoms with Gasteiger partial charge in [0.05, 0.1) is 28.7 Å². The molecule has 2 aliphatic carbocycles. The summed E-state index contributed by atoms with van der Waals surface area (Å²) < 4.78 is 54.8. The van der Waals surface area contributed by atoms with Crippen molar-refractivity contribution in [2.24, 2.45) is 11.8 Å². The number of amides is 2. The Morgan fingerprint density at radius 1 is 0.738 bits per heavy atom. The number of nitrogens with zero attached hydrogens (tertiary/aromatic N) is 7. The molecule has 0 aliphatic heterocycles. The van der Waals surface area contributed by atoms with E-state index in [9.17, 15) is 22.0 Å². The van der Waals surface area contributed by atoms with Crippen LogP contribution in [0.4, 0.5) is 25.2 Å². The Kier molecular flexibility index (Phi) is 13.8. The van der Waals surface area contributed by atoms with E-state index in [1.807, 2.05) is 0 Å². The lowest BCUT2D eigenvalue weighted by Crippen LogP contribution is -2.48. The van der Waals surface area contributed by atoms with Crippen LogP contribution in [0.15, 0.2) is 49.3 Å². The monoisotopic (exact) mass is 897 g/mol. The molecule has 6 N–H and O–H groups in total. The fourth-order valence-electron chi connectivity index (χ4n) is 7.83. The van der Waals surface area contributed by atoms with Crippen LogP contribution in [0.3, 0.4) is 0 Å². The molecule has 2 amide bonds. The van der Waals surface area contributed by atoms with Gasteiger partial charge in [0.25, 0.3) is 0 Å². The first-order valence-corrected chi connectivity index (χ1v) is 22.6. The van der Waals surface area contributed by atoms with E-state index in [0.29, 0.717) is 57.2 Å². The van der Waals surface area contributed by atoms with Crippen LogP contribution in [0.2, 0.25) is 10.0 Å². The fourth-order valence-corrected chi connectivity index (χ4v) is 9.01. The molecule has 4 atom stereocenters. The van der Waals surface area contributed by atoms with E-state index in [1.165, 1.54) is 11.1 Å². The first-order chi connectivity index (χ1) is 29.2. The molecule has 324 valence electrons. The zero-order valence-corrected chi connectivity index (χ0v) is 36.1. The second-order valence-corrected chi connectivity index (χ2v) is 18.2. The summed E-state index contributed by atoms with van der Waals surface area (Å²) in [5.74, 6) is 0.0613. The number of urea groups is 1. The number of pyridine rings is 2. The average molecular weight is 899 g/mol. The van der Waals surface area contributed by atoms with E-state index in [4.69, 9.17) is 23.2 Å². The van der Waals surface area contributed by atoms with Gasteiger partial charge in [-0.05, 0) is 49.7 Å². The molecule has 0 saturated heterocycles. The quantitative estimate of drug-likeness (QED) is 0.0755. The molecule has 6 aromatic heterocycles. The van der Waals surface area contributed by atoms with Gasteiger partial charge >= 0.3 is 6.03 Å². The van der Waals surface area contributed by atoms with Crippen molar-refractivity contribution in [3.05, 3.63) is 71.0 Å². The Bertz CT molecular complexity index is 2610. The highest BCUT2D eigenvalue weighted by Crippen LogP contribution is 2.31. The number of fused-ring (bicyclic) bond motifs is 2. The van der Waals surface area contributed by atoms with Gasteiger partial charge < -0.3 is 30.8 Å². The van der Waals surface area contributed by atoms with Gasteiger partial charge in [-0.3, -0.25) is 0 Å². The number of H-pyrrole nitrogens is 2. The predicted octanol–water partition coefficient (Wildman–Crippen LogP) is 7.39. The highest BCUT2D eigenvalue weighted by atomic mass is 35.5. The van der Waals surface area contributed by atoms with Gasteiger partial charge in [0.15, 0.2) is 34.9 Å². The van der Waals surface area contributed by atoms with E-state index in [-0.39, 0.29) is 41.6 Å². The van der Waals surface area contributed by atoms with Crippen LogP contribution in [0.5, 0.6) is 0 Å². The summed E-state index contributed by atoms with van der Waals surface area (Å²) in [5.41, 5.74) is 2.65. The van der Waals surface area contributed by atoms with Gasteiger partial charge in [0, 0.05) is 86.0 Å². The molecule has 2 fully saturated rings. The van der Waals surface area contributed by atoms with Gasteiger partial charge in [0.2, 0.25) is 10.0 Å². The van der Waals surface area contributed by atoms with E-state index in [1.54, 1.807) is 44.8 Å². The normalized spacial score (nSPS) is 19.3. The van der Waals surface area contributed by atoms with Crippen molar-refractivity contribution >= 4 is 73.0 Å². The number of hydrogen-bond donors (Lipinski definition) is 6. The summed E-state index contributed by atoms with van der Waals surface area (Å²) in [4.78, 5) is 45.2. The number of anilines is 2. The van der Waals surface area contributed by atoms with Crippen molar-refractivity contribution in [2.75, 3.05) is 44.1 Å². The summed E-state index contributed by atoms with van der Waals surface area (Å²) in [6.07, 6.45) is 17.6. The summed E-state index contributed by atoms with van der Waals surface area (Å²) in [6, 6.07) is 3.28. The summed E-state index contributed by atoms with van der Waals surface area (Å²) >= 11 is 12.1. The van der Waals surface area contributed by atoms with Crippen molar-refractivity contribution < 1.29 is 22.0 Å². The van der Waals surface area contributed by atoms with Crippen LogP contribution in [0.25, 0.3) is 44.8 Å². The van der Waals surface area contributed by atoms with Gasteiger partial charge in [-0.2, -0.15) is 0 Å². The third-order valence-electron chi connectivity index (χ3n) is 10.9. The minimum absolute atomic E-state index is 0.0438. The highest BCUT2D eigenvalue weighted by molar-refractivity contribution is 7.88. The number of aromatic amines is 2. The van der Waals surface area contributed by atoms with Gasteiger partial charge in [-0.25, -0.2) is 56.6 Å². The maximum atomic E-state index is 14.5. The van der Waals surface area contributed by atoms with E-state index >= 15 is 0 Å². The SMILES string of the molecule is CN(C)C(=O)N[C@@H]1CCCCC1CNc1nc(-c2c[nH]c3ncc(Cl)cc23)ncc1F.CS(=O)(=O)N[C@@H]1CCCCC1CNc1nc(-c2c[nH]c3ncc(Cl)cc23)ncc1F. The summed E-state index contributed by atoms with van der Waals surface area (Å²) in [7, 11) is 0.132. The Hall–Kier alpha value is -5.24. The van der Waals surface area contributed by atoms with Crippen LogP contribution < -0.4 is 20.7 Å². The second-order valence-electron chi connectivity index (χ2n) is 15.6. The van der Waals surface area contributed by atoms with Crippen molar-refractivity contribution in [1.29, 1.82) is 0 Å². The van der Waals surface area contributed by atoms with Crippen molar-refractivity contribution in [3.8, 4) is 22.8 Å². The van der Waals surface area contributed by atoms with Crippen molar-refractivity contribution in [3.63, 3.8) is 0 Å². The number of nitrogens with one attached hydrogen (secondary N) is 6. The number of rotatable bonds is 11. The Morgan fingerprint density at radius 2 is 1.20 bits per heavy atom. The number of halogens is 4. The predicted molar refractivity (Wildman–Crippen MR) is 233 cm³/mol. The second kappa shape index (κ2) is 19.2. The fraction of sp³-hybridized carbons (Fsp3) is 0.425. The van der Waals surface area contributed by atoms with Crippen LogP contribution in [0.1, 0.15) is 51.4 Å². The van der Waals surface area contributed by atoms with Crippen LogP contribution in [-0.2, 0) is 10.0 Å². The molecule has 0 aromatic carbocycles. The Balaban J connectivity index is 0.000000184. The van der Waals surface area contributed by atoms with E-state index in [0.717, 1.165) is 80.8 Å². The largest absolute Gasteiger partial charge is 0.367 e. The molecule has 61 heavy (non-hydrogen) atoms. The lowest BCUT2D eigenvalue weighted by atomic mass is 9.84. The number of carbonyl (C=O) groups is 1. The number of hydrogen-bond acceptors (Lipinski definition) is 11. The average Bonchev–Trinajstić information content (AvgIpc) is 3.85. The minimum Gasteiger partial charge on any atom is -0.367 e.